The molecule has 0 aromatic heterocycles. The molecule has 5 nitrogen and oxygen atoms in total. The second-order valence-corrected chi connectivity index (χ2v) is 5.44. The third kappa shape index (κ3) is 4.04. The predicted octanol–water partition coefficient (Wildman–Crippen LogP) is 0.810. The van der Waals surface area contributed by atoms with E-state index in [0.29, 0.717) is 26.2 Å². The van der Waals surface area contributed by atoms with Crippen LogP contribution in [0, 0.1) is 0 Å². The van der Waals surface area contributed by atoms with Crippen molar-refractivity contribution in [3.05, 3.63) is 35.9 Å². The first-order chi connectivity index (χ1) is 10.1. The molecule has 21 heavy (non-hydrogen) atoms. The van der Waals surface area contributed by atoms with E-state index in [1.54, 1.807) is 0 Å². The van der Waals surface area contributed by atoms with Gasteiger partial charge in [-0.1, -0.05) is 37.3 Å². The van der Waals surface area contributed by atoms with Crippen molar-refractivity contribution in [1.29, 1.82) is 0 Å². The number of nitrogens with zero attached hydrogens (tertiary/aromatic N) is 2. The molecule has 1 atom stereocenters. The summed E-state index contributed by atoms with van der Waals surface area (Å²) < 4.78 is 0. The zero-order chi connectivity index (χ0) is 15.2. The highest BCUT2D eigenvalue weighted by molar-refractivity contribution is 5.84. The Morgan fingerprint density at radius 2 is 1.76 bits per heavy atom. The molecule has 2 N–H and O–H groups in total. The van der Waals surface area contributed by atoms with Crippen LogP contribution in [-0.2, 0) is 9.59 Å². The first-order valence-electron chi connectivity index (χ1n) is 7.46. The van der Waals surface area contributed by atoms with Gasteiger partial charge in [0.2, 0.25) is 11.8 Å². The van der Waals surface area contributed by atoms with Crippen molar-refractivity contribution in [2.24, 2.45) is 5.73 Å². The summed E-state index contributed by atoms with van der Waals surface area (Å²) in [6.07, 6.45) is 0.796. The Labute approximate surface area is 125 Å². The molecule has 2 rings (SSSR count). The zero-order valence-electron chi connectivity index (χ0n) is 12.5. The van der Waals surface area contributed by atoms with Crippen molar-refractivity contribution >= 4 is 11.8 Å². The van der Waals surface area contributed by atoms with E-state index in [1.165, 1.54) is 0 Å². The van der Waals surface area contributed by atoms with Crippen LogP contribution in [0.2, 0.25) is 0 Å². The Hall–Kier alpha value is -1.88. The molecule has 1 saturated heterocycles. The SMILES string of the molecule is CCC(C(=O)N1CCN(CC(N)=O)CC1)c1ccccc1. The molecule has 1 aliphatic rings. The maximum Gasteiger partial charge on any atom is 0.231 e. The summed E-state index contributed by atoms with van der Waals surface area (Å²) in [5.74, 6) is -0.207. The number of primary amides is 1. The summed E-state index contributed by atoms with van der Waals surface area (Å²) >= 11 is 0. The molecule has 2 amide bonds. The topological polar surface area (TPSA) is 66.6 Å². The maximum absolute atomic E-state index is 12.7. The Morgan fingerprint density at radius 3 is 2.29 bits per heavy atom. The third-order valence-electron chi connectivity index (χ3n) is 3.97. The Kier molecular flexibility index (Phi) is 5.33. The maximum atomic E-state index is 12.7. The third-order valence-corrected chi connectivity index (χ3v) is 3.97. The normalized spacial score (nSPS) is 17.5. The number of carbonyl (C=O) groups is 2. The van der Waals surface area contributed by atoms with Crippen LogP contribution < -0.4 is 5.73 Å². The largest absolute Gasteiger partial charge is 0.369 e. The molecule has 1 aromatic carbocycles. The monoisotopic (exact) mass is 289 g/mol. The van der Waals surface area contributed by atoms with Crippen molar-refractivity contribution in [1.82, 2.24) is 9.80 Å². The number of nitrogens with two attached hydrogens (primary N) is 1. The van der Waals surface area contributed by atoms with Crippen LogP contribution in [0.5, 0.6) is 0 Å². The van der Waals surface area contributed by atoms with Crippen LogP contribution in [0.4, 0.5) is 0 Å². The Balaban J connectivity index is 1.96. The standard InChI is InChI=1S/C16H23N3O2/c1-2-14(13-6-4-3-5-7-13)16(21)19-10-8-18(9-11-19)12-15(17)20/h3-7,14H,2,8-12H2,1H3,(H2,17,20). The van der Waals surface area contributed by atoms with Crippen molar-refractivity contribution in [2.75, 3.05) is 32.7 Å². The van der Waals surface area contributed by atoms with Crippen molar-refractivity contribution in [3.63, 3.8) is 0 Å². The van der Waals surface area contributed by atoms with Crippen LogP contribution in [0.25, 0.3) is 0 Å². The van der Waals surface area contributed by atoms with Gasteiger partial charge in [-0.15, -0.1) is 0 Å². The Morgan fingerprint density at radius 1 is 1.14 bits per heavy atom. The molecular formula is C16H23N3O2. The first-order valence-corrected chi connectivity index (χ1v) is 7.46. The number of rotatable bonds is 5. The minimum absolute atomic E-state index is 0.0751. The number of hydrogen-bond acceptors (Lipinski definition) is 3. The molecule has 1 heterocycles. The van der Waals surface area contributed by atoms with E-state index in [4.69, 9.17) is 5.73 Å². The minimum atomic E-state index is -0.314. The highest BCUT2D eigenvalue weighted by atomic mass is 16.2. The van der Waals surface area contributed by atoms with Crippen molar-refractivity contribution in [3.8, 4) is 0 Å². The van der Waals surface area contributed by atoms with Gasteiger partial charge in [-0.2, -0.15) is 0 Å². The lowest BCUT2D eigenvalue weighted by atomic mass is 9.95. The first kappa shape index (κ1) is 15.5. The number of carbonyl (C=O) groups excluding carboxylic acids is 2. The van der Waals surface area contributed by atoms with Gasteiger partial charge < -0.3 is 10.6 Å². The molecule has 0 aliphatic carbocycles. The summed E-state index contributed by atoms with van der Waals surface area (Å²) in [7, 11) is 0. The van der Waals surface area contributed by atoms with E-state index in [1.807, 2.05) is 47.1 Å². The van der Waals surface area contributed by atoms with Gasteiger partial charge in [0, 0.05) is 26.2 Å². The molecule has 5 heteroatoms. The number of piperazine rings is 1. The quantitative estimate of drug-likeness (QED) is 0.872. The fraction of sp³-hybridized carbons (Fsp3) is 0.500. The van der Waals surface area contributed by atoms with E-state index in [9.17, 15) is 9.59 Å². The molecule has 0 bridgehead atoms. The van der Waals surface area contributed by atoms with E-state index in [2.05, 4.69) is 0 Å². The zero-order valence-corrected chi connectivity index (χ0v) is 12.5. The molecule has 0 radical (unpaired) electrons. The lowest BCUT2D eigenvalue weighted by Gasteiger charge is -2.35. The van der Waals surface area contributed by atoms with Crippen molar-refractivity contribution < 1.29 is 9.59 Å². The van der Waals surface area contributed by atoms with Crippen molar-refractivity contribution in [2.45, 2.75) is 19.3 Å². The summed E-state index contributed by atoms with van der Waals surface area (Å²) in [6, 6.07) is 9.92. The van der Waals surface area contributed by atoms with Crippen LogP contribution in [0.1, 0.15) is 24.8 Å². The summed E-state index contributed by atoms with van der Waals surface area (Å²) in [4.78, 5) is 27.5. The second-order valence-electron chi connectivity index (χ2n) is 5.44. The van der Waals surface area contributed by atoms with Gasteiger partial charge in [-0.3, -0.25) is 14.5 Å². The highest BCUT2D eigenvalue weighted by Crippen LogP contribution is 2.22. The van der Waals surface area contributed by atoms with Crippen LogP contribution in [0.15, 0.2) is 30.3 Å². The van der Waals surface area contributed by atoms with Crippen LogP contribution in [-0.4, -0.2) is 54.3 Å². The van der Waals surface area contributed by atoms with Gasteiger partial charge in [0.15, 0.2) is 0 Å². The molecule has 1 aromatic rings. The number of amides is 2. The van der Waals surface area contributed by atoms with E-state index in [-0.39, 0.29) is 24.3 Å². The average Bonchev–Trinajstić information content (AvgIpc) is 2.49. The van der Waals surface area contributed by atoms with E-state index >= 15 is 0 Å². The number of benzene rings is 1. The molecular weight excluding hydrogens is 266 g/mol. The average molecular weight is 289 g/mol. The van der Waals surface area contributed by atoms with Crippen LogP contribution in [0.3, 0.4) is 0 Å². The molecule has 1 aliphatic heterocycles. The van der Waals surface area contributed by atoms with Gasteiger partial charge >= 0.3 is 0 Å². The van der Waals surface area contributed by atoms with Gasteiger partial charge in [0.1, 0.15) is 0 Å². The molecule has 1 unspecified atom stereocenters. The fourth-order valence-electron chi connectivity index (χ4n) is 2.81. The molecule has 0 spiro atoms. The van der Waals surface area contributed by atoms with E-state index < -0.39 is 0 Å². The number of hydrogen-bond donors (Lipinski definition) is 1. The molecule has 114 valence electrons. The van der Waals surface area contributed by atoms with Crippen LogP contribution >= 0.6 is 0 Å². The minimum Gasteiger partial charge on any atom is -0.369 e. The summed E-state index contributed by atoms with van der Waals surface area (Å²) in [6.45, 7) is 5.06. The molecule has 0 saturated carbocycles. The second kappa shape index (κ2) is 7.22. The summed E-state index contributed by atoms with van der Waals surface area (Å²) in [5, 5.41) is 0. The van der Waals surface area contributed by atoms with E-state index in [0.717, 1.165) is 12.0 Å². The van der Waals surface area contributed by atoms with Gasteiger partial charge in [-0.05, 0) is 12.0 Å². The molecule has 1 fully saturated rings. The van der Waals surface area contributed by atoms with Gasteiger partial charge in [0.25, 0.3) is 0 Å². The van der Waals surface area contributed by atoms with Gasteiger partial charge in [-0.25, -0.2) is 0 Å². The lowest BCUT2D eigenvalue weighted by Crippen LogP contribution is -2.51. The lowest BCUT2D eigenvalue weighted by molar-refractivity contribution is -0.134. The van der Waals surface area contributed by atoms with Gasteiger partial charge in [0.05, 0.1) is 12.5 Å². The highest BCUT2D eigenvalue weighted by Gasteiger charge is 2.27. The fourth-order valence-corrected chi connectivity index (χ4v) is 2.81. The Bertz CT molecular complexity index is 482. The summed E-state index contributed by atoms with van der Waals surface area (Å²) in [5.41, 5.74) is 6.28. The predicted molar refractivity (Wildman–Crippen MR) is 81.7 cm³/mol. The smallest absolute Gasteiger partial charge is 0.231 e.